The third-order valence-corrected chi connectivity index (χ3v) is 6.18. The van der Waals surface area contributed by atoms with E-state index in [1.54, 1.807) is 0 Å². The highest BCUT2D eigenvalue weighted by Gasteiger charge is 2.44. The Morgan fingerprint density at radius 1 is 1.33 bits per heavy atom. The van der Waals surface area contributed by atoms with E-state index < -0.39 is 0 Å². The van der Waals surface area contributed by atoms with Gasteiger partial charge in [-0.2, -0.15) is 0 Å². The number of hydrogen-bond acceptors (Lipinski definition) is 3. The van der Waals surface area contributed by atoms with Crippen molar-refractivity contribution in [1.29, 1.82) is 0 Å². The molecule has 1 aliphatic heterocycles. The van der Waals surface area contributed by atoms with Crippen molar-refractivity contribution in [2.75, 3.05) is 26.7 Å². The first-order valence-corrected chi connectivity index (χ1v) is 8.96. The van der Waals surface area contributed by atoms with Crippen molar-refractivity contribution in [3.05, 3.63) is 0 Å². The van der Waals surface area contributed by atoms with Gasteiger partial charge in [-0.15, -0.1) is 0 Å². The molecule has 2 unspecified atom stereocenters. The molecule has 21 heavy (non-hydrogen) atoms. The van der Waals surface area contributed by atoms with Gasteiger partial charge in [0.25, 0.3) is 0 Å². The van der Waals surface area contributed by atoms with Crippen molar-refractivity contribution in [1.82, 2.24) is 10.2 Å². The lowest BCUT2D eigenvalue weighted by atomic mass is 9.86. The molecule has 1 saturated carbocycles. The Bertz CT molecular complexity index is 323. The third-order valence-electron chi connectivity index (χ3n) is 6.18. The predicted octanol–water partition coefficient (Wildman–Crippen LogP) is 3.43. The van der Waals surface area contributed by atoms with Gasteiger partial charge in [0.1, 0.15) is 0 Å². The van der Waals surface area contributed by atoms with Gasteiger partial charge < -0.3 is 10.1 Å². The minimum Gasteiger partial charge on any atom is -0.379 e. The minimum absolute atomic E-state index is 0.00343. The monoisotopic (exact) mass is 296 g/mol. The summed E-state index contributed by atoms with van der Waals surface area (Å²) in [6, 6.07) is 0.659. The summed E-state index contributed by atoms with van der Waals surface area (Å²) in [7, 11) is 1.84. The smallest absolute Gasteiger partial charge is 0.0634 e. The molecular weight excluding hydrogens is 260 g/mol. The second-order valence-electron chi connectivity index (χ2n) is 7.96. The highest BCUT2D eigenvalue weighted by molar-refractivity contribution is 5.02. The number of methoxy groups -OCH3 is 1. The molecule has 3 heteroatoms. The lowest BCUT2D eigenvalue weighted by Gasteiger charge is -2.50. The summed E-state index contributed by atoms with van der Waals surface area (Å²) >= 11 is 0. The average Bonchev–Trinajstić information content (AvgIpc) is 2.95. The Morgan fingerprint density at radius 3 is 2.57 bits per heavy atom. The summed E-state index contributed by atoms with van der Waals surface area (Å²) in [5, 5.41) is 3.87. The molecule has 0 bridgehead atoms. The molecule has 0 aromatic rings. The van der Waals surface area contributed by atoms with E-state index in [1.165, 1.54) is 51.7 Å². The number of piperazine rings is 1. The van der Waals surface area contributed by atoms with Crippen molar-refractivity contribution in [3.8, 4) is 0 Å². The zero-order chi connectivity index (χ0) is 15.5. The van der Waals surface area contributed by atoms with Gasteiger partial charge in [0.15, 0.2) is 0 Å². The van der Waals surface area contributed by atoms with Crippen LogP contribution in [0.4, 0.5) is 0 Å². The first-order valence-electron chi connectivity index (χ1n) is 8.96. The fourth-order valence-corrected chi connectivity index (χ4v) is 3.96. The van der Waals surface area contributed by atoms with E-state index in [0.717, 1.165) is 12.3 Å². The lowest BCUT2D eigenvalue weighted by molar-refractivity contribution is -0.0207. The van der Waals surface area contributed by atoms with Crippen LogP contribution >= 0.6 is 0 Å². The fourth-order valence-electron chi connectivity index (χ4n) is 3.96. The normalized spacial score (nSPS) is 28.1. The first-order chi connectivity index (χ1) is 9.92. The van der Waals surface area contributed by atoms with E-state index >= 15 is 0 Å². The minimum atomic E-state index is -0.00343. The van der Waals surface area contributed by atoms with E-state index in [-0.39, 0.29) is 5.60 Å². The van der Waals surface area contributed by atoms with Gasteiger partial charge in [0.05, 0.1) is 5.60 Å². The molecule has 0 aromatic carbocycles. The van der Waals surface area contributed by atoms with Crippen molar-refractivity contribution in [2.24, 2.45) is 5.92 Å². The van der Waals surface area contributed by atoms with Gasteiger partial charge in [0.2, 0.25) is 0 Å². The van der Waals surface area contributed by atoms with Crippen molar-refractivity contribution < 1.29 is 4.74 Å². The molecule has 2 rings (SSSR count). The molecule has 3 nitrogen and oxygen atoms in total. The van der Waals surface area contributed by atoms with Gasteiger partial charge in [0, 0.05) is 38.3 Å². The van der Waals surface area contributed by atoms with Crippen LogP contribution in [0.3, 0.4) is 0 Å². The van der Waals surface area contributed by atoms with Gasteiger partial charge in [-0.05, 0) is 39.0 Å². The summed E-state index contributed by atoms with van der Waals surface area (Å²) in [5.41, 5.74) is 0.435. The Labute approximate surface area is 131 Å². The molecule has 0 radical (unpaired) electrons. The molecule has 1 N–H and O–H groups in total. The summed E-state index contributed by atoms with van der Waals surface area (Å²) in [5.74, 6) is 0.765. The number of nitrogens with zero attached hydrogens (tertiary/aromatic N) is 1. The van der Waals surface area contributed by atoms with Crippen molar-refractivity contribution >= 4 is 0 Å². The summed E-state index contributed by atoms with van der Waals surface area (Å²) in [4.78, 5) is 2.81. The van der Waals surface area contributed by atoms with Gasteiger partial charge in [-0.1, -0.05) is 33.1 Å². The molecule has 0 aromatic heterocycles. The van der Waals surface area contributed by atoms with Crippen LogP contribution in [0, 0.1) is 5.92 Å². The first kappa shape index (κ1) is 17.2. The maximum atomic E-state index is 5.63. The van der Waals surface area contributed by atoms with Crippen LogP contribution < -0.4 is 5.32 Å². The van der Waals surface area contributed by atoms with E-state index in [4.69, 9.17) is 4.74 Å². The molecule has 1 spiro atoms. The highest BCUT2D eigenvalue weighted by atomic mass is 16.5. The van der Waals surface area contributed by atoms with Crippen LogP contribution in [-0.2, 0) is 4.74 Å². The van der Waals surface area contributed by atoms with Gasteiger partial charge >= 0.3 is 0 Å². The van der Waals surface area contributed by atoms with E-state index in [9.17, 15) is 0 Å². The standard InChI is InChI=1S/C18H36N2O/c1-6-15(2)16-13-20(12-11-17(3,4)21-5)18(14-19-16)9-7-8-10-18/h15-16,19H,6-14H2,1-5H3. The summed E-state index contributed by atoms with van der Waals surface area (Å²) < 4.78 is 5.63. The molecule has 2 fully saturated rings. The van der Waals surface area contributed by atoms with Crippen LogP contribution in [0.1, 0.15) is 66.2 Å². The molecule has 1 heterocycles. The molecular formula is C18H36N2O. The predicted molar refractivity (Wildman–Crippen MR) is 89.7 cm³/mol. The number of rotatable bonds is 6. The second-order valence-corrected chi connectivity index (χ2v) is 7.96. The number of ether oxygens (including phenoxy) is 1. The van der Waals surface area contributed by atoms with Crippen LogP contribution in [0.2, 0.25) is 0 Å². The SMILES string of the molecule is CCC(C)C1CN(CCC(C)(C)OC)C2(CCCC2)CN1. The molecule has 2 aliphatic rings. The number of nitrogens with one attached hydrogen (secondary N) is 1. The molecule has 0 amide bonds. The van der Waals surface area contributed by atoms with Crippen LogP contribution in [0.25, 0.3) is 0 Å². The van der Waals surface area contributed by atoms with Crippen molar-refractivity contribution in [2.45, 2.75) is 83.4 Å². The largest absolute Gasteiger partial charge is 0.379 e. The van der Waals surface area contributed by atoms with E-state index in [0.29, 0.717) is 11.6 Å². The van der Waals surface area contributed by atoms with E-state index in [1.807, 2.05) is 7.11 Å². The lowest BCUT2D eigenvalue weighted by Crippen LogP contribution is -2.65. The number of hydrogen-bond donors (Lipinski definition) is 1. The van der Waals surface area contributed by atoms with E-state index in [2.05, 4.69) is 37.9 Å². The summed E-state index contributed by atoms with van der Waals surface area (Å²) in [6.45, 7) is 12.7. The summed E-state index contributed by atoms with van der Waals surface area (Å²) in [6.07, 6.45) is 7.95. The Hall–Kier alpha value is -0.120. The zero-order valence-electron chi connectivity index (χ0n) is 14.9. The van der Waals surface area contributed by atoms with Gasteiger partial charge in [-0.25, -0.2) is 0 Å². The van der Waals surface area contributed by atoms with Gasteiger partial charge in [-0.3, -0.25) is 4.90 Å². The Kier molecular flexibility index (Phi) is 5.72. The quantitative estimate of drug-likeness (QED) is 0.812. The molecule has 1 aliphatic carbocycles. The third kappa shape index (κ3) is 4.00. The molecule has 124 valence electrons. The second kappa shape index (κ2) is 6.97. The topological polar surface area (TPSA) is 24.5 Å². The maximum Gasteiger partial charge on any atom is 0.0634 e. The van der Waals surface area contributed by atoms with Crippen LogP contribution in [-0.4, -0.2) is 48.8 Å². The van der Waals surface area contributed by atoms with Crippen LogP contribution in [0.15, 0.2) is 0 Å². The molecule has 2 atom stereocenters. The fraction of sp³-hybridized carbons (Fsp3) is 1.00. The average molecular weight is 296 g/mol. The molecule has 1 saturated heterocycles. The Balaban J connectivity index is 2.03. The maximum absolute atomic E-state index is 5.63. The zero-order valence-corrected chi connectivity index (χ0v) is 14.9. The highest BCUT2D eigenvalue weighted by Crippen LogP contribution is 2.38. The Morgan fingerprint density at radius 2 is 2.00 bits per heavy atom. The van der Waals surface area contributed by atoms with Crippen molar-refractivity contribution in [3.63, 3.8) is 0 Å². The van der Waals surface area contributed by atoms with Crippen LogP contribution in [0.5, 0.6) is 0 Å².